The predicted octanol–water partition coefficient (Wildman–Crippen LogP) is 11.8. The fourth-order valence-electron chi connectivity index (χ4n) is 7.48. The van der Waals surface area contributed by atoms with Crippen molar-refractivity contribution in [3.63, 3.8) is 0 Å². The summed E-state index contributed by atoms with van der Waals surface area (Å²) in [7, 11) is 0. The number of hydrogen-bond donors (Lipinski definition) is 0. The summed E-state index contributed by atoms with van der Waals surface area (Å²) in [5.41, 5.74) is 9.34. The van der Waals surface area contributed by atoms with E-state index in [-0.39, 0.29) is 0 Å². The van der Waals surface area contributed by atoms with Crippen LogP contribution in [0.15, 0.2) is 167 Å². The van der Waals surface area contributed by atoms with Crippen molar-refractivity contribution in [3.05, 3.63) is 158 Å². The summed E-state index contributed by atoms with van der Waals surface area (Å²) < 4.78 is 14.6. The number of benzene rings is 7. The van der Waals surface area contributed by atoms with Crippen LogP contribution >= 0.6 is 0 Å². The molecule has 0 N–H and O–H groups in total. The molecule has 4 aromatic heterocycles. The van der Waals surface area contributed by atoms with Gasteiger partial charge in [-0.15, -0.1) is 0 Å². The van der Waals surface area contributed by atoms with E-state index in [0.29, 0.717) is 17.5 Å². The molecule has 4 heterocycles. The van der Waals surface area contributed by atoms with Gasteiger partial charge in [0.2, 0.25) is 0 Å². The molecule has 6 nitrogen and oxygen atoms in total. The molecule has 0 spiro atoms. The van der Waals surface area contributed by atoms with Gasteiger partial charge < -0.3 is 13.4 Å². The fourth-order valence-corrected chi connectivity index (χ4v) is 7.48. The Bertz CT molecular complexity index is 2980. The van der Waals surface area contributed by atoms with Gasteiger partial charge in [0, 0.05) is 54.7 Å². The van der Waals surface area contributed by atoms with Crippen LogP contribution in [0.1, 0.15) is 0 Å². The Morgan fingerprint density at radius 3 is 1.29 bits per heavy atom. The number of fused-ring (bicyclic) bond motifs is 9. The molecule has 0 aliphatic rings. The van der Waals surface area contributed by atoms with E-state index < -0.39 is 0 Å². The van der Waals surface area contributed by atoms with E-state index in [9.17, 15) is 0 Å². The molecule has 0 bridgehead atoms. The van der Waals surface area contributed by atoms with E-state index in [2.05, 4.69) is 102 Å². The quantitative estimate of drug-likeness (QED) is 0.189. The normalized spacial score (nSPS) is 11.9. The smallest absolute Gasteiger partial charge is 0.164 e. The molecule has 51 heavy (non-hydrogen) atoms. The van der Waals surface area contributed by atoms with Gasteiger partial charge in [-0.2, -0.15) is 0 Å². The zero-order chi connectivity index (χ0) is 33.5. The van der Waals surface area contributed by atoms with E-state index in [1.54, 1.807) is 0 Å². The van der Waals surface area contributed by atoms with Gasteiger partial charge in [0.1, 0.15) is 22.3 Å². The molecule has 0 aliphatic carbocycles. The minimum atomic E-state index is 0.585. The molecule has 0 radical (unpaired) electrons. The van der Waals surface area contributed by atoms with E-state index in [4.69, 9.17) is 23.8 Å². The molecule has 0 saturated heterocycles. The van der Waals surface area contributed by atoms with E-state index in [1.165, 1.54) is 10.8 Å². The molecule has 6 heteroatoms. The number of nitrogens with zero attached hydrogens (tertiary/aromatic N) is 4. The maximum absolute atomic E-state index is 6.14. The van der Waals surface area contributed by atoms with Gasteiger partial charge in [0.25, 0.3) is 0 Å². The Hall–Kier alpha value is -7.05. The molecular formula is C45H26N4O2. The SMILES string of the molecule is c1cc(-c2nc(-c3ccc4oc5ccccc5c4c3)nc(-c3ccc4oc5ccccc5c4c3)n2)cc(-n2c3ccccc3c3ccccc32)c1. The van der Waals surface area contributed by atoms with Gasteiger partial charge in [-0.1, -0.05) is 84.9 Å². The van der Waals surface area contributed by atoms with Crippen LogP contribution < -0.4 is 0 Å². The minimum absolute atomic E-state index is 0.585. The lowest BCUT2D eigenvalue weighted by Gasteiger charge is -2.11. The van der Waals surface area contributed by atoms with Gasteiger partial charge in [-0.05, 0) is 72.8 Å². The van der Waals surface area contributed by atoms with Crippen molar-refractivity contribution in [1.82, 2.24) is 19.5 Å². The Morgan fingerprint density at radius 1 is 0.333 bits per heavy atom. The summed E-state index contributed by atoms with van der Waals surface area (Å²) in [5, 5.41) is 6.58. The maximum Gasteiger partial charge on any atom is 0.164 e. The van der Waals surface area contributed by atoms with Gasteiger partial charge in [-0.25, -0.2) is 15.0 Å². The van der Waals surface area contributed by atoms with Crippen molar-refractivity contribution in [2.75, 3.05) is 0 Å². The summed E-state index contributed by atoms with van der Waals surface area (Å²) >= 11 is 0. The van der Waals surface area contributed by atoms with Crippen LogP contribution in [0.5, 0.6) is 0 Å². The molecule has 0 aliphatic heterocycles. The van der Waals surface area contributed by atoms with Gasteiger partial charge in [-0.3, -0.25) is 0 Å². The first kappa shape index (κ1) is 27.9. The Kier molecular flexibility index (Phi) is 5.86. The Labute approximate surface area is 290 Å². The molecule has 0 atom stereocenters. The number of hydrogen-bond acceptors (Lipinski definition) is 5. The van der Waals surface area contributed by atoms with Crippen molar-refractivity contribution in [1.29, 1.82) is 0 Å². The van der Waals surface area contributed by atoms with E-state index >= 15 is 0 Å². The minimum Gasteiger partial charge on any atom is -0.456 e. The topological polar surface area (TPSA) is 69.9 Å². The second kappa shape index (κ2) is 10.7. The molecule has 11 rings (SSSR count). The third-order valence-electron chi connectivity index (χ3n) is 9.85. The first-order valence-electron chi connectivity index (χ1n) is 16.9. The van der Waals surface area contributed by atoms with Gasteiger partial charge >= 0.3 is 0 Å². The van der Waals surface area contributed by atoms with Crippen molar-refractivity contribution in [2.24, 2.45) is 0 Å². The number of para-hydroxylation sites is 4. The van der Waals surface area contributed by atoms with Crippen molar-refractivity contribution < 1.29 is 8.83 Å². The van der Waals surface area contributed by atoms with Crippen LogP contribution in [0.3, 0.4) is 0 Å². The molecule has 0 fully saturated rings. The lowest BCUT2D eigenvalue weighted by molar-refractivity contribution is 0.668. The highest BCUT2D eigenvalue weighted by molar-refractivity contribution is 6.10. The highest BCUT2D eigenvalue weighted by atomic mass is 16.3. The van der Waals surface area contributed by atoms with Crippen molar-refractivity contribution in [3.8, 4) is 39.9 Å². The highest BCUT2D eigenvalue weighted by Gasteiger charge is 2.18. The van der Waals surface area contributed by atoms with Gasteiger partial charge in [0.05, 0.1) is 11.0 Å². The summed E-state index contributed by atoms with van der Waals surface area (Å²) in [4.78, 5) is 15.4. The molecule has 0 amide bonds. The first-order valence-corrected chi connectivity index (χ1v) is 16.9. The third kappa shape index (κ3) is 4.33. The third-order valence-corrected chi connectivity index (χ3v) is 9.85. The second-order valence-electron chi connectivity index (χ2n) is 12.8. The Balaban J connectivity index is 1.13. The maximum atomic E-state index is 6.14. The molecule has 7 aromatic carbocycles. The molecule has 0 unspecified atom stereocenters. The second-order valence-corrected chi connectivity index (χ2v) is 12.8. The summed E-state index contributed by atoms with van der Waals surface area (Å²) in [6.45, 7) is 0. The van der Waals surface area contributed by atoms with Crippen LogP contribution in [0.4, 0.5) is 0 Å². The van der Waals surface area contributed by atoms with Crippen LogP contribution in [0, 0.1) is 0 Å². The van der Waals surface area contributed by atoms with Crippen LogP contribution in [-0.4, -0.2) is 19.5 Å². The molecular weight excluding hydrogens is 629 g/mol. The monoisotopic (exact) mass is 654 g/mol. The summed E-state index contributed by atoms with van der Waals surface area (Å²) in [5.74, 6) is 1.76. The molecule has 11 aromatic rings. The molecule has 0 saturated carbocycles. The van der Waals surface area contributed by atoms with Crippen molar-refractivity contribution in [2.45, 2.75) is 0 Å². The van der Waals surface area contributed by atoms with Crippen LogP contribution in [0.25, 0.3) is 106 Å². The van der Waals surface area contributed by atoms with E-state index in [0.717, 1.165) is 77.3 Å². The fraction of sp³-hybridized carbons (Fsp3) is 0. The first-order chi connectivity index (χ1) is 25.2. The molecule has 238 valence electrons. The lowest BCUT2D eigenvalue weighted by Crippen LogP contribution is -2.01. The average Bonchev–Trinajstić information content (AvgIpc) is 3.87. The number of aromatic nitrogens is 4. The largest absolute Gasteiger partial charge is 0.456 e. The van der Waals surface area contributed by atoms with Crippen molar-refractivity contribution >= 4 is 65.7 Å². The standard InChI is InChI=1S/C45H26N4O2/c1-5-16-37-31(12-1)32-13-2-6-17-38(32)49(37)30-11-9-10-27(24-30)43-46-44(28-20-22-41-35(25-28)33-14-3-7-18-39(33)50-41)48-45(47-43)29-21-23-42-36(26-29)34-15-4-8-19-40(34)51-42/h1-26H. The van der Waals surface area contributed by atoms with E-state index in [1.807, 2.05) is 60.7 Å². The summed E-state index contributed by atoms with van der Waals surface area (Å²) in [6.07, 6.45) is 0. The average molecular weight is 655 g/mol. The number of rotatable bonds is 4. The zero-order valence-electron chi connectivity index (χ0n) is 27.1. The van der Waals surface area contributed by atoms with Gasteiger partial charge in [0.15, 0.2) is 17.5 Å². The Morgan fingerprint density at radius 2 is 0.765 bits per heavy atom. The number of furan rings is 2. The summed E-state index contributed by atoms with van der Waals surface area (Å²) in [6, 6.07) is 54.0. The highest BCUT2D eigenvalue weighted by Crippen LogP contribution is 2.36. The predicted molar refractivity (Wildman–Crippen MR) is 205 cm³/mol. The van der Waals surface area contributed by atoms with Crippen LogP contribution in [0.2, 0.25) is 0 Å². The lowest BCUT2D eigenvalue weighted by atomic mass is 10.1. The van der Waals surface area contributed by atoms with Crippen LogP contribution in [-0.2, 0) is 0 Å². The zero-order valence-corrected chi connectivity index (χ0v) is 27.1.